The Balaban J connectivity index is 1.89. The third-order valence-corrected chi connectivity index (χ3v) is 4.82. The number of hydrazone groups is 1. The molecule has 3 aliphatic rings. The van der Waals surface area contributed by atoms with Gasteiger partial charge in [0, 0.05) is 32.2 Å². The minimum atomic E-state index is -4.80. The van der Waals surface area contributed by atoms with Crippen molar-refractivity contribution >= 4 is 28.8 Å². The van der Waals surface area contributed by atoms with Gasteiger partial charge in [-0.2, -0.15) is 18.3 Å². The largest absolute Gasteiger partial charge is 0.419 e. The maximum Gasteiger partial charge on any atom is 0.419 e. The number of halogens is 4. The lowest BCUT2D eigenvalue weighted by atomic mass is 10.1. The van der Waals surface area contributed by atoms with Gasteiger partial charge in [-0.15, -0.1) is 0 Å². The second-order valence-electron chi connectivity index (χ2n) is 6.67. The van der Waals surface area contributed by atoms with Crippen LogP contribution in [-0.2, 0) is 6.18 Å². The van der Waals surface area contributed by atoms with Crippen LogP contribution in [0.3, 0.4) is 0 Å². The SMILES string of the molecule is CC1=NN2C(=NC1C)C(N1CCNCC1)=Nc1cc(C(F)(F)F)c(F)cc12. The highest BCUT2D eigenvalue weighted by molar-refractivity contribution is 6.47. The molecule has 4 rings (SSSR count). The van der Waals surface area contributed by atoms with E-state index in [0.29, 0.717) is 30.5 Å². The van der Waals surface area contributed by atoms with Gasteiger partial charge in [-0.25, -0.2) is 14.4 Å². The quantitative estimate of drug-likeness (QED) is 0.702. The number of amidine groups is 2. The zero-order valence-electron chi connectivity index (χ0n) is 14.8. The average Bonchev–Trinajstić information content (AvgIpc) is 2.62. The van der Waals surface area contributed by atoms with E-state index < -0.39 is 17.6 Å². The molecule has 1 saturated heterocycles. The molecule has 1 unspecified atom stereocenters. The molecule has 0 amide bonds. The van der Waals surface area contributed by atoms with E-state index in [1.165, 1.54) is 5.01 Å². The Labute approximate surface area is 153 Å². The van der Waals surface area contributed by atoms with Crippen LogP contribution in [0.4, 0.5) is 28.9 Å². The van der Waals surface area contributed by atoms with E-state index in [4.69, 9.17) is 0 Å². The topological polar surface area (TPSA) is 55.6 Å². The fourth-order valence-electron chi connectivity index (χ4n) is 3.22. The van der Waals surface area contributed by atoms with Crippen molar-refractivity contribution in [3.63, 3.8) is 0 Å². The maximum atomic E-state index is 14.2. The molecule has 1 fully saturated rings. The first-order valence-corrected chi connectivity index (χ1v) is 8.64. The normalized spacial score (nSPS) is 22.6. The molecule has 3 heterocycles. The van der Waals surface area contributed by atoms with Crippen LogP contribution in [0.5, 0.6) is 0 Å². The Bertz CT molecular complexity index is 867. The molecule has 0 aromatic heterocycles. The number of hydrogen-bond donors (Lipinski definition) is 1. The second kappa shape index (κ2) is 6.29. The van der Waals surface area contributed by atoms with Crippen LogP contribution < -0.4 is 10.3 Å². The second-order valence-corrected chi connectivity index (χ2v) is 6.67. The molecular weight excluding hydrogens is 364 g/mol. The van der Waals surface area contributed by atoms with Crippen LogP contribution in [0.15, 0.2) is 27.2 Å². The summed E-state index contributed by atoms with van der Waals surface area (Å²) in [5.41, 5.74) is -0.464. The van der Waals surface area contributed by atoms with Crippen LogP contribution in [0, 0.1) is 5.82 Å². The summed E-state index contributed by atoms with van der Waals surface area (Å²) in [5.74, 6) is -0.457. The number of anilines is 1. The lowest BCUT2D eigenvalue weighted by molar-refractivity contribution is -0.139. The number of benzene rings is 1. The van der Waals surface area contributed by atoms with E-state index in [1.54, 1.807) is 6.92 Å². The van der Waals surface area contributed by atoms with Crippen molar-refractivity contribution in [2.45, 2.75) is 26.1 Å². The van der Waals surface area contributed by atoms with Crippen molar-refractivity contribution in [1.82, 2.24) is 10.2 Å². The van der Waals surface area contributed by atoms with Crippen molar-refractivity contribution < 1.29 is 17.6 Å². The highest BCUT2D eigenvalue weighted by atomic mass is 19.4. The summed E-state index contributed by atoms with van der Waals surface area (Å²) in [5, 5.41) is 9.08. The number of fused-ring (bicyclic) bond motifs is 3. The molecule has 1 N–H and O–H groups in total. The molecule has 10 heteroatoms. The minimum absolute atomic E-state index is 0.0299. The lowest BCUT2D eigenvalue weighted by Gasteiger charge is -2.38. The van der Waals surface area contributed by atoms with E-state index in [-0.39, 0.29) is 17.4 Å². The molecule has 27 heavy (non-hydrogen) atoms. The van der Waals surface area contributed by atoms with Crippen LogP contribution >= 0.6 is 0 Å². The van der Waals surface area contributed by atoms with Crippen LogP contribution in [0.1, 0.15) is 19.4 Å². The summed E-state index contributed by atoms with van der Waals surface area (Å²) >= 11 is 0. The van der Waals surface area contributed by atoms with E-state index in [0.717, 1.165) is 25.2 Å². The Morgan fingerprint density at radius 1 is 1.15 bits per heavy atom. The minimum Gasteiger partial charge on any atom is -0.351 e. The highest BCUT2D eigenvalue weighted by Crippen LogP contribution is 2.42. The van der Waals surface area contributed by atoms with E-state index in [9.17, 15) is 17.6 Å². The molecule has 0 spiro atoms. The molecular formula is C17H18F4N6. The van der Waals surface area contributed by atoms with Gasteiger partial charge < -0.3 is 10.2 Å². The number of alkyl halides is 3. The van der Waals surface area contributed by atoms with Crippen molar-refractivity contribution in [3.8, 4) is 0 Å². The molecule has 0 radical (unpaired) electrons. The van der Waals surface area contributed by atoms with Gasteiger partial charge in [0.05, 0.1) is 28.7 Å². The number of nitrogens with zero attached hydrogens (tertiary/aromatic N) is 5. The van der Waals surface area contributed by atoms with Gasteiger partial charge >= 0.3 is 6.18 Å². The lowest BCUT2D eigenvalue weighted by Crippen LogP contribution is -2.53. The Kier molecular flexibility index (Phi) is 4.17. The first-order chi connectivity index (χ1) is 12.8. The average molecular weight is 382 g/mol. The fraction of sp³-hybridized carbons (Fsp3) is 0.471. The molecule has 1 aromatic rings. The van der Waals surface area contributed by atoms with E-state index >= 15 is 0 Å². The fourth-order valence-corrected chi connectivity index (χ4v) is 3.22. The van der Waals surface area contributed by atoms with Crippen molar-refractivity contribution in [2.75, 3.05) is 31.2 Å². The summed E-state index contributed by atoms with van der Waals surface area (Å²) in [6.45, 7) is 6.40. The maximum absolute atomic E-state index is 14.2. The first-order valence-electron chi connectivity index (χ1n) is 8.64. The van der Waals surface area contributed by atoms with Gasteiger partial charge in [0.1, 0.15) is 5.82 Å². The zero-order chi connectivity index (χ0) is 19.3. The highest BCUT2D eigenvalue weighted by Gasteiger charge is 2.39. The van der Waals surface area contributed by atoms with E-state index in [2.05, 4.69) is 20.4 Å². The molecule has 3 aliphatic heterocycles. The summed E-state index contributed by atoms with van der Waals surface area (Å²) in [6.07, 6.45) is -4.80. The third kappa shape index (κ3) is 3.07. The summed E-state index contributed by atoms with van der Waals surface area (Å²) in [6, 6.07) is 1.38. The van der Waals surface area contributed by atoms with Crippen LogP contribution in [-0.4, -0.2) is 54.5 Å². The van der Waals surface area contributed by atoms with Crippen molar-refractivity contribution in [3.05, 3.63) is 23.5 Å². The van der Waals surface area contributed by atoms with Crippen LogP contribution in [0.2, 0.25) is 0 Å². The molecule has 144 valence electrons. The molecule has 6 nitrogen and oxygen atoms in total. The van der Waals surface area contributed by atoms with Gasteiger partial charge in [0.2, 0.25) is 0 Å². The van der Waals surface area contributed by atoms with Crippen molar-refractivity contribution in [2.24, 2.45) is 15.1 Å². The first kappa shape index (κ1) is 17.9. The predicted octanol–water partition coefficient (Wildman–Crippen LogP) is 2.78. The van der Waals surface area contributed by atoms with Gasteiger partial charge in [0.25, 0.3) is 0 Å². The van der Waals surface area contributed by atoms with Gasteiger partial charge in [-0.1, -0.05) is 0 Å². The van der Waals surface area contributed by atoms with Gasteiger partial charge in [-0.3, -0.25) is 4.99 Å². The molecule has 0 aliphatic carbocycles. The van der Waals surface area contributed by atoms with Gasteiger partial charge in [0.15, 0.2) is 11.7 Å². The number of hydrogen-bond acceptors (Lipinski definition) is 6. The molecule has 0 bridgehead atoms. The van der Waals surface area contributed by atoms with Crippen LogP contribution in [0.25, 0.3) is 0 Å². The molecule has 1 aromatic carbocycles. The number of aliphatic imine (C=N–C) groups is 2. The molecule has 0 saturated carbocycles. The smallest absolute Gasteiger partial charge is 0.351 e. The van der Waals surface area contributed by atoms with E-state index in [1.807, 2.05) is 11.8 Å². The predicted molar refractivity (Wildman–Crippen MR) is 95.4 cm³/mol. The van der Waals surface area contributed by atoms with Crippen molar-refractivity contribution in [1.29, 1.82) is 0 Å². The zero-order valence-corrected chi connectivity index (χ0v) is 14.8. The summed E-state index contributed by atoms with van der Waals surface area (Å²) in [7, 11) is 0. The molecule has 1 atom stereocenters. The monoisotopic (exact) mass is 382 g/mol. The number of rotatable bonds is 0. The Hall–Kier alpha value is -2.49. The number of piperazine rings is 1. The van der Waals surface area contributed by atoms with Gasteiger partial charge in [-0.05, 0) is 19.9 Å². The number of nitrogens with one attached hydrogen (secondary N) is 1. The Morgan fingerprint density at radius 2 is 1.85 bits per heavy atom. The standard InChI is InChI=1S/C17H18F4N6/c1-9-10(2)25-27-14-8-12(18)11(17(19,20)21)7-13(14)24-15(16(27)23-9)26-5-3-22-4-6-26/h7-9,22H,3-6H2,1-2H3. The Morgan fingerprint density at radius 3 is 2.52 bits per heavy atom. The summed E-state index contributed by atoms with van der Waals surface area (Å²) < 4.78 is 53.6. The summed E-state index contributed by atoms with van der Waals surface area (Å²) in [4.78, 5) is 11.0. The third-order valence-electron chi connectivity index (χ3n) is 4.82.